The molecule has 0 aliphatic rings. The molecule has 5 heteroatoms. The van der Waals surface area contributed by atoms with Gasteiger partial charge >= 0.3 is 5.69 Å². The maximum Gasteiger partial charge on any atom is 0.328 e. The monoisotopic (exact) mass is 353 g/mol. The van der Waals surface area contributed by atoms with E-state index in [1.54, 1.807) is 9.13 Å². The predicted octanol–water partition coefficient (Wildman–Crippen LogP) is 3.34. The zero-order chi connectivity index (χ0) is 15.9. The van der Waals surface area contributed by atoms with E-state index in [1.807, 2.05) is 20.2 Å². The molecule has 1 atom stereocenters. The minimum Gasteiger partial charge on any atom is -0.310 e. The Morgan fingerprint density at radius 1 is 1.19 bits per heavy atom. The van der Waals surface area contributed by atoms with Crippen molar-refractivity contribution in [2.24, 2.45) is 19.5 Å². The Kier molecular flexibility index (Phi) is 4.36. The Labute approximate surface area is 134 Å². The number of benzene rings is 1. The highest BCUT2D eigenvalue weighted by molar-refractivity contribution is 9.10. The van der Waals surface area contributed by atoms with Crippen LogP contribution in [-0.4, -0.2) is 15.7 Å². The van der Waals surface area contributed by atoms with Gasteiger partial charge in [-0.3, -0.25) is 9.13 Å². The van der Waals surface area contributed by atoms with Crippen LogP contribution in [0.2, 0.25) is 0 Å². The number of aromatic nitrogens is 2. The first-order valence-electron chi connectivity index (χ1n) is 7.26. The zero-order valence-corrected chi connectivity index (χ0v) is 15.2. The molecule has 1 N–H and O–H groups in total. The van der Waals surface area contributed by atoms with Crippen LogP contribution in [0.4, 0.5) is 0 Å². The lowest BCUT2D eigenvalue weighted by atomic mass is 9.82. The number of rotatable bonds is 3. The molecule has 1 heterocycles. The molecule has 1 unspecified atom stereocenters. The van der Waals surface area contributed by atoms with E-state index in [2.05, 4.69) is 55.0 Å². The van der Waals surface area contributed by atoms with Gasteiger partial charge in [-0.2, -0.15) is 0 Å². The molecule has 2 rings (SSSR count). The number of nitrogens with one attached hydrogen (secondary N) is 1. The Morgan fingerprint density at radius 3 is 2.19 bits per heavy atom. The van der Waals surface area contributed by atoms with Gasteiger partial charge in [0.05, 0.1) is 11.0 Å². The van der Waals surface area contributed by atoms with Gasteiger partial charge in [0, 0.05) is 24.6 Å². The lowest BCUT2D eigenvalue weighted by Crippen LogP contribution is -2.32. The third-order valence-electron chi connectivity index (χ3n) is 3.98. The first-order valence-corrected chi connectivity index (χ1v) is 8.06. The van der Waals surface area contributed by atoms with Crippen molar-refractivity contribution in [3.05, 3.63) is 32.7 Å². The van der Waals surface area contributed by atoms with Gasteiger partial charge in [-0.1, -0.05) is 43.6 Å². The van der Waals surface area contributed by atoms with E-state index in [0.717, 1.165) is 22.1 Å². The Hall–Kier alpha value is -1.07. The van der Waals surface area contributed by atoms with Gasteiger partial charge in [0.1, 0.15) is 0 Å². The van der Waals surface area contributed by atoms with E-state index in [0.29, 0.717) is 0 Å². The molecule has 2 aromatic rings. The fourth-order valence-electron chi connectivity index (χ4n) is 2.84. The van der Waals surface area contributed by atoms with Crippen LogP contribution in [0, 0.1) is 5.41 Å². The molecule has 0 spiro atoms. The lowest BCUT2D eigenvalue weighted by molar-refractivity contribution is 0.276. The van der Waals surface area contributed by atoms with Gasteiger partial charge in [0.25, 0.3) is 0 Å². The molecular weight excluding hydrogens is 330 g/mol. The quantitative estimate of drug-likeness (QED) is 0.918. The summed E-state index contributed by atoms with van der Waals surface area (Å²) in [6.45, 7) is 9.69. The maximum atomic E-state index is 12.1. The SMILES string of the molecule is CCNC(c1cc2c(cc1Br)n(C)c(=O)n2C)C(C)(C)C. The van der Waals surface area contributed by atoms with Crippen LogP contribution in [0.25, 0.3) is 11.0 Å². The summed E-state index contributed by atoms with van der Waals surface area (Å²) in [6.07, 6.45) is 0. The van der Waals surface area contributed by atoms with Gasteiger partial charge in [-0.05, 0) is 29.7 Å². The van der Waals surface area contributed by atoms with Crippen molar-refractivity contribution in [1.82, 2.24) is 14.5 Å². The van der Waals surface area contributed by atoms with Gasteiger partial charge < -0.3 is 5.32 Å². The zero-order valence-electron chi connectivity index (χ0n) is 13.6. The van der Waals surface area contributed by atoms with E-state index in [-0.39, 0.29) is 17.1 Å². The molecule has 0 aliphatic carbocycles. The Balaban J connectivity index is 2.72. The number of imidazole rings is 1. The van der Waals surface area contributed by atoms with Crippen molar-refractivity contribution < 1.29 is 0 Å². The molecule has 116 valence electrons. The largest absolute Gasteiger partial charge is 0.328 e. The smallest absolute Gasteiger partial charge is 0.310 e. The average molecular weight is 354 g/mol. The molecule has 0 bridgehead atoms. The van der Waals surface area contributed by atoms with Crippen LogP contribution >= 0.6 is 15.9 Å². The highest BCUT2D eigenvalue weighted by Gasteiger charge is 2.28. The second-order valence-electron chi connectivity index (χ2n) is 6.62. The standard InChI is InChI=1S/C16H24BrN3O/c1-7-18-14(16(2,3)4)10-8-12-13(9-11(10)17)20(6)15(21)19(12)5/h8-9,14,18H,7H2,1-6H3. The summed E-state index contributed by atoms with van der Waals surface area (Å²) in [5.74, 6) is 0. The van der Waals surface area contributed by atoms with Crippen LogP contribution in [0.1, 0.15) is 39.3 Å². The number of fused-ring (bicyclic) bond motifs is 1. The fourth-order valence-corrected chi connectivity index (χ4v) is 3.40. The van der Waals surface area contributed by atoms with E-state index in [9.17, 15) is 4.79 Å². The minimum atomic E-state index is 0.00445. The van der Waals surface area contributed by atoms with Crippen molar-refractivity contribution in [2.45, 2.75) is 33.7 Å². The molecule has 4 nitrogen and oxygen atoms in total. The van der Waals surface area contributed by atoms with E-state index in [4.69, 9.17) is 0 Å². The first kappa shape index (κ1) is 16.3. The van der Waals surface area contributed by atoms with Gasteiger partial charge in [-0.15, -0.1) is 0 Å². The van der Waals surface area contributed by atoms with Crippen molar-refractivity contribution in [1.29, 1.82) is 0 Å². The summed E-state index contributed by atoms with van der Waals surface area (Å²) in [5.41, 5.74) is 3.19. The third-order valence-corrected chi connectivity index (χ3v) is 4.66. The second kappa shape index (κ2) is 5.61. The molecule has 21 heavy (non-hydrogen) atoms. The molecule has 1 aromatic carbocycles. The molecule has 0 fully saturated rings. The summed E-state index contributed by atoms with van der Waals surface area (Å²) in [7, 11) is 3.63. The van der Waals surface area contributed by atoms with E-state index < -0.39 is 0 Å². The highest BCUT2D eigenvalue weighted by atomic mass is 79.9. The normalized spacial score (nSPS) is 13.9. The lowest BCUT2D eigenvalue weighted by Gasteiger charge is -2.32. The van der Waals surface area contributed by atoms with Crippen LogP contribution in [0.15, 0.2) is 21.4 Å². The van der Waals surface area contributed by atoms with Gasteiger partial charge in [-0.25, -0.2) is 4.79 Å². The minimum absolute atomic E-state index is 0.00445. The molecule has 0 saturated heterocycles. The first-order chi connectivity index (χ1) is 9.68. The molecule has 0 amide bonds. The summed E-state index contributed by atoms with van der Waals surface area (Å²) >= 11 is 3.68. The third kappa shape index (κ3) is 2.81. The summed E-state index contributed by atoms with van der Waals surface area (Å²) in [6, 6.07) is 4.39. The average Bonchev–Trinajstić information content (AvgIpc) is 2.59. The van der Waals surface area contributed by atoms with E-state index >= 15 is 0 Å². The number of hydrogen-bond acceptors (Lipinski definition) is 2. The topological polar surface area (TPSA) is 39.0 Å². The number of nitrogens with zero attached hydrogens (tertiary/aromatic N) is 2. The number of hydrogen-bond donors (Lipinski definition) is 1. The summed E-state index contributed by atoms with van der Waals surface area (Å²) in [4.78, 5) is 12.1. The summed E-state index contributed by atoms with van der Waals surface area (Å²) < 4.78 is 4.43. The number of halogens is 1. The predicted molar refractivity (Wildman–Crippen MR) is 91.7 cm³/mol. The van der Waals surface area contributed by atoms with Crippen molar-refractivity contribution in [3.63, 3.8) is 0 Å². The van der Waals surface area contributed by atoms with Crippen LogP contribution in [0.3, 0.4) is 0 Å². The Morgan fingerprint density at radius 2 is 1.71 bits per heavy atom. The van der Waals surface area contributed by atoms with E-state index in [1.165, 1.54) is 5.56 Å². The maximum absolute atomic E-state index is 12.1. The second-order valence-corrected chi connectivity index (χ2v) is 7.47. The van der Waals surface area contributed by atoms with Crippen LogP contribution < -0.4 is 11.0 Å². The highest BCUT2D eigenvalue weighted by Crippen LogP contribution is 2.38. The molecular formula is C16H24BrN3O. The van der Waals surface area contributed by atoms with Crippen LogP contribution in [0.5, 0.6) is 0 Å². The summed E-state index contributed by atoms with van der Waals surface area (Å²) in [5, 5.41) is 3.56. The van der Waals surface area contributed by atoms with Crippen LogP contribution in [-0.2, 0) is 14.1 Å². The number of aryl methyl sites for hydroxylation is 2. The molecule has 0 radical (unpaired) electrons. The van der Waals surface area contributed by atoms with Gasteiger partial charge in [0.15, 0.2) is 0 Å². The fraction of sp³-hybridized carbons (Fsp3) is 0.562. The Bertz CT molecular complexity index is 722. The van der Waals surface area contributed by atoms with Gasteiger partial charge in [0.2, 0.25) is 0 Å². The van der Waals surface area contributed by atoms with Crippen molar-refractivity contribution in [3.8, 4) is 0 Å². The molecule has 1 aromatic heterocycles. The van der Waals surface area contributed by atoms with Crippen molar-refractivity contribution >= 4 is 27.0 Å². The molecule has 0 saturated carbocycles. The molecule has 0 aliphatic heterocycles. The van der Waals surface area contributed by atoms with Crippen molar-refractivity contribution in [2.75, 3.05) is 6.54 Å².